The van der Waals surface area contributed by atoms with E-state index in [0.717, 1.165) is 55.4 Å². The lowest BCUT2D eigenvalue weighted by atomic mass is 9.49. The van der Waals surface area contributed by atoms with Gasteiger partial charge in [0.1, 0.15) is 5.00 Å². The smallest absolute Gasteiger partial charge is 0.341 e. The maximum atomic E-state index is 13.4. The third-order valence-corrected chi connectivity index (χ3v) is 8.13. The first kappa shape index (κ1) is 18.0. The van der Waals surface area contributed by atoms with Crippen LogP contribution in [0.15, 0.2) is 0 Å². The van der Waals surface area contributed by atoms with Gasteiger partial charge in [0.15, 0.2) is 0 Å². The van der Waals surface area contributed by atoms with Crippen molar-refractivity contribution in [1.82, 2.24) is 0 Å². The van der Waals surface area contributed by atoms with Gasteiger partial charge in [0.2, 0.25) is 5.91 Å². The molecule has 0 unspecified atom stereocenters. The van der Waals surface area contributed by atoms with Crippen molar-refractivity contribution in [3.8, 4) is 0 Å². The molecule has 4 aliphatic carbocycles. The Morgan fingerprint density at radius 1 is 1.15 bits per heavy atom. The molecule has 4 nitrogen and oxygen atoms in total. The minimum Gasteiger partial charge on any atom is -0.465 e. The number of anilines is 1. The van der Waals surface area contributed by atoms with Gasteiger partial charge < -0.3 is 10.1 Å². The van der Waals surface area contributed by atoms with Crippen LogP contribution in [0.5, 0.6) is 0 Å². The number of amides is 1. The molecule has 1 N–H and O–H groups in total. The van der Waals surface area contributed by atoms with Crippen molar-refractivity contribution in [1.29, 1.82) is 0 Å². The predicted octanol–water partition coefficient (Wildman–Crippen LogP) is 4.95. The molecular formula is C21H29NO3S. The van der Waals surface area contributed by atoms with Crippen LogP contribution in [0.25, 0.3) is 0 Å². The van der Waals surface area contributed by atoms with Crippen LogP contribution in [0.1, 0.15) is 72.7 Å². The quantitative estimate of drug-likeness (QED) is 0.741. The van der Waals surface area contributed by atoms with Gasteiger partial charge in [-0.15, -0.1) is 11.3 Å². The number of carbonyl (C=O) groups excluding carboxylic acids is 2. The van der Waals surface area contributed by atoms with Crippen LogP contribution in [-0.2, 0) is 16.0 Å². The lowest BCUT2D eigenvalue weighted by Crippen LogP contribution is -2.51. The van der Waals surface area contributed by atoms with Crippen molar-refractivity contribution >= 4 is 28.2 Å². The van der Waals surface area contributed by atoms with E-state index in [1.165, 1.54) is 31.2 Å². The minimum atomic E-state index is -0.345. The van der Waals surface area contributed by atoms with Crippen molar-refractivity contribution in [3.05, 3.63) is 16.0 Å². The largest absolute Gasteiger partial charge is 0.465 e. The van der Waals surface area contributed by atoms with Crippen molar-refractivity contribution in [2.24, 2.45) is 23.2 Å². The summed E-state index contributed by atoms with van der Waals surface area (Å²) < 4.78 is 5.00. The van der Waals surface area contributed by atoms with Gasteiger partial charge >= 0.3 is 5.97 Å². The lowest BCUT2D eigenvalue weighted by Gasteiger charge is -2.55. The number of esters is 1. The summed E-state index contributed by atoms with van der Waals surface area (Å²) in [5, 5.41) is 3.87. The fourth-order valence-corrected chi connectivity index (χ4v) is 7.38. The standard InChI is InChI=1S/C21H29NO3S/c1-4-5-16-12(2)17(19(23)25-3)18(26-16)22-20(24)21-9-13-6-14(10-21)8-15(7-13)11-21/h13-15H,4-11H2,1-3H3,(H,22,24). The minimum absolute atomic E-state index is 0.144. The lowest BCUT2D eigenvalue weighted by molar-refractivity contribution is -0.140. The number of thiophene rings is 1. The van der Waals surface area contributed by atoms with Crippen molar-refractivity contribution in [3.63, 3.8) is 0 Å². The molecule has 4 saturated carbocycles. The monoisotopic (exact) mass is 375 g/mol. The highest BCUT2D eigenvalue weighted by atomic mass is 32.1. The summed E-state index contributed by atoms with van der Waals surface area (Å²) >= 11 is 1.55. The molecule has 5 heteroatoms. The molecule has 4 aliphatic rings. The van der Waals surface area contributed by atoms with Crippen LogP contribution in [0.2, 0.25) is 0 Å². The Balaban J connectivity index is 1.61. The van der Waals surface area contributed by atoms with Crippen LogP contribution >= 0.6 is 11.3 Å². The first-order valence-corrected chi connectivity index (χ1v) is 10.8. The second kappa shape index (κ2) is 6.66. The summed E-state index contributed by atoms with van der Waals surface area (Å²) in [5.74, 6) is 1.99. The second-order valence-electron chi connectivity index (χ2n) is 8.75. The van der Waals surface area contributed by atoms with Gasteiger partial charge in [-0.05, 0) is 75.2 Å². The summed E-state index contributed by atoms with van der Waals surface area (Å²) in [6.07, 6.45) is 8.99. The van der Waals surface area contributed by atoms with Crippen molar-refractivity contribution < 1.29 is 14.3 Å². The molecule has 0 spiro atoms. The summed E-state index contributed by atoms with van der Waals surface area (Å²) in [6, 6.07) is 0. The molecule has 5 rings (SSSR count). The topological polar surface area (TPSA) is 55.4 Å². The molecule has 1 heterocycles. The highest BCUT2D eigenvalue weighted by molar-refractivity contribution is 7.17. The van der Waals surface area contributed by atoms with Gasteiger partial charge in [-0.25, -0.2) is 4.79 Å². The highest BCUT2D eigenvalue weighted by Gasteiger charge is 2.54. The second-order valence-corrected chi connectivity index (χ2v) is 9.85. The number of aryl methyl sites for hydroxylation is 1. The van der Waals surface area contributed by atoms with Crippen molar-refractivity contribution in [2.75, 3.05) is 12.4 Å². The molecular weight excluding hydrogens is 346 g/mol. The van der Waals surface area contributed by atoms with Crippen LogP contribution in [0.3, 0.4) is 0 Å². The number of hydrogen-bond acceptors (Lipinski definition) is 4. The summed E-state index contributed by atoms with van der Waals surface area (Å²) in [7, 11) is 1.41. The van der Waals surface area contributed by atoms with Gasteiger partial charge in [-0.3, -0.25) is 4.79 Å². The first-order valence-electron chi connectivity index (χ1n) is 9.97. The fourth-order valence-electron chi connectivity index (χ4n) is 6.09. The van der Waals surface area contributed by atoms with E-state index in [1.54, 1.807) is 11.3 Å². The van der Waals surface area contributed by atoms with E-state index in [0.29, 0.717) is 10.6 Å². The predicted molar refractivity (Wildman–Crippen MR) is 104 cm³/mol. The normalized spacial score (nSPS) is 31.9. The van der Waals surface area contributed by atoms with Gasteiger partial charge in [-0.2, -0.15) is 0 Å². The molecule has 4 bridgehead atoms. The molecule has 1 aromatic heterocycles. The number of ether oxygens (including phenoxy) is 1. The van der Waals surface area contributed by atoms with Crippen molar-refractivity contribution in [2.45, 2.75) is 65.2 Å². The third-order valence-electron chi connectivity index (χ3n) is 6.86. The number of rotatable bonds is 5. The molecule has 1 amide bonds. The van der Waals surface area contributed by atoms with Gasteiger partial charge in [0.05, 0.1) is 18.1 Å². The zero-order valence-corrected chi connectivity index (χ0v) is 16.8. The molecule has 1 aromatic rings. The number of carbonyl (C=O) groups is 2. The molecule has 26 heavy (non-hydrogen) atoms. The molecule has 0 radical (unpaired) electrons. The Labute approximate surface area is 159 Å². The Bertz CT molecular complexity index is 701. The maximum absolute atomic E-state index is 13.4. The first-order chi connectivity index (χ1) is 12.5. The summed E-state index contributed by atoms with van der Waals surface area (Å²) in [4.78, 5) is 26.9. The number of methoxy groups -OCH3 is 1. The highest BCUT2D eigenvalue weighted by Crippen LogP contribution is 2.60. The van der Waals surface area contributed by atoms with Crippen LogP contribution in [-0.4, -0.2) is 19.0 Å². The molecule has 142 valence electrons. The van der Waals surface area contributed by atoms with E-state index in [9.17, 15) is 9.59 Å². The van der Waals surface area contributed by atoms with E-state index < -0.39 is 0 Å². The molecule has 0 aliphatic heterocycles. The molecule has 0 atom stereocenters. The van der Waals surface area contributed by atoms with E-state index in [-0.39, 0.29) is 17.3 Å². The Kier molecular flexibility index (Phi) is 4.62. The van der Waals surface area contributed by atoms with Crippen LogP contribution < -0.4 is 5.32 Å². The Morgan fingerprint density at radius 3 is 2.23 bits per heavy atom. The van der Waals surface area contributed by atoms with Gasteiger partial charge in [0, 0.05) is 4.88 Å². The van der Waals surface area contributed by atoms with Crippen LogP contribution in [0.4, 0.5) is 5.00 Å². The molecule has 0 aromatic carbocycles. The SMILES string of the molecule is CCCc1sc(NC(=O)C23CC4CC(CC(C4)C2)C3)c(C(=O)OC)c1C. The average molecular weight is 376 g/mol. The fraction of sp³-hybridized carbons (Fsp3) is 0.714. The average Bonchev–Trinajstić information content (AvgIpc) is 2.89. The Hall–Kier alpha value is -1.36. The number of nitrogens with one attached hydrogen (secondary N) is 1. The summed E-state index contributed by atoms with van der Waals surface area (Å²) in [6.45, 7) is 4.10. The maximum Gasteiger partial charge on any atom is 0.341 e. The van der Waals surface area contributed by atoms with Gasteiger partial charge in [0.25, 0.3) is 0 Å². The number of hydrogen-bond donors (Lipinski definition) is 1. The third kappa shape index (κ3) is 2.88. The van der Waals surface area contributed by atoms with E-state index in [4.69, 9.17) is 4.74 Å². The zero-order valence-electron chi connectivity index (χ0n) is 16.0. The van der Waals surface area contributed by atoms with E-state index in [1.807, 2.05) is 6.92 Å². The zero-order chi connectivity index (χ0) is 18.5. The van der Waals surface area contributed by atoms with E-state index >= 15 is 0 Å². The van der Waals surface area contributed by atoms with Gasteiger partial charge in [-0.1, -0.05) is 13.3 Å². The Morgan fingerprint density at radius 2 is 1.73 bits per heavy atom. The molecule has 4 fully saturated rings. The van der Waals surface area contributed by atoms with E-state index in [2.05, 4.69) is 12.2 Å². The van der Waals surface area contributed by atoms with Crippen LogP contribution in [0, 0.1) is 30.1 Å². The summed E-state index contributed by atoms with van der Waals surface area (Å²) in [5.41, 5.74) is 1.31. The molecule has 0 saturated heterocycles.